The van der Waals surface area contributed by atoms with E-state index in [1.54, 1.807) is 0 Å². The first-order valence-electron chi connectivity index (χ1n) is 25.2. The largest absolute Gasteiger partial charge is 0.376 e. The Labute approximate surface area is 350 Å². The van der Waals surface area contributed by atoms with Crippen molar-refractivity contribution in [2.45, 2.75) is 278 Å². The maximum atomic E-state index is 14.4. The van der Waals surface area contributed by atoms with Crippen LogP contribution in [0, 0.1) is 0 Å². The van der Waals surface area contributed by atoms with Crippen molar-refractivity contribution in [3.8, 4) is 0 Å². The van der Waals surface area contributed by atoms with Gasteiger partial charge >= 0.3 is 7.60 Å². The van der Waals surface area contributed by atoms with E-state index >= 15 is 0 Å². The van der Waals surface area contributed by atoms with Gasteiger partial charge in [0.2, 0.25) is 0 Å². The van der Waals surface area contributed by atoms with Crippen molar-refractivity contribution in [3.05, 3.63) is 34.9 Å². The van der Waals surface area contributed by atoms with Gasteiger partial charge in [0, 0.05) is 0 Å². The number of hydrogen-bond acceptors (Lipinski definition) is 4. The first-order valence-corrected chi connectivity index (χ1v) is 26.8. The molecule has 0 amide bonds. The SMILES string of the molecule is CCCCCCCCCCCCCCCCCCOP(=O)(OCCCCCCCCCCCCCCCCCC)C(O)c1cc(CCCC)cc(CCCC)c1. The summed E-state index contributed by atoms with van der Waals surface area (Å²) in [7, 11) is -3.75. The molecule has 1 aromatic rings. The zero-order chi connectivity index (χ0) is 40.6. The van der Waals surface area contributed by atoms with Gasteiger partial charge in [-0.25, -0.2) is 0 Å². The van der Waals surface area contributed by atoms with Gasteiger partial charge in [-0.2, -0.15) is 0 Å². The molecular formula is C51H97O4P. The summed E-state index contributed by atoms with van der Waals surface area (Å²) < 4.78 is 26.6. The summed E-state index contributed by atoms with van der Waals surface area (Å²) in [6.07, 6.45) is 48.5. The Balaban J connectivity index is 2.46. The second kappa shape index (κ2) is 39.8. The summed E-state index contributed by atoms with van der Waals surface area (Å²) in [5, 5.41) is 11.7. The summed E-state index contributed by atoms with van der Waals surface area (Å²) in [5.41, 5.74) is 3.14. The Hall–Kier alpha value is -0.670. The van der Waals surface area contributed by atoms with Gasteiger partial charge in [0.15, 0.2) is 5.85 Å². The highest BCUT2D eigenvalue weighted by Crippen LogP contribution is 2.60. The number of unbranched alkanes of at least 4 members (excludes halogenated alkanes) is 32. The number of rotatable bonds is 44. The van der Waals surface area contributed by atoms with Crippen LogP contribution in [0.1, 0.15) is 281 Å². The summed E-state index contributed by atoms with van der Waals surface area (Å²) in [6.45, 7) is 9.76. The van der Waals surface area contributed by atoms with Crippen molar-refractivity contribution < 1.29 is 18.7 Å². The maximum absolute atomic E-state index is 14.4. The Bertz CT molecular complexity index is 943. The lowest BCUT2D eigenvalue weighted by atomic mass is 9.99. The molecule has 0 fully saturated rings. The minimum absolute atomic E-state index is 0.379. The quantitative estimate of drug-likeness (QED) is 0.0527. The number of aryl methyl sites for hydroxylation is 2. The molecule has 0 aliphatic rings. The van der Waals surface area contributed by atoms with E-state index in [0.717, 1.165) is 64.2 Å². The lowest BCUT2D eigenvalue weighted by molar-refractivity contribution is 0.138. The van der Waals surface area contributed by atoms with E-state index in [1.807, 2.05) is 0 Å². The molecule has 0 heterocycles. The van der Waals surface area contributed by atoms with E-state index in [4.69, 9.17) is 9.05 Å². The van der Waals surface area contributed by atoms with Gasteiger partial charge in [-0.3, -0.25) is 4.57 Å². The fourth-order valence-electron chi connectivity index (χ4n) is 8.04. The molecule has 0 aromatic heterocycles. The fourth-order valence-corrected chi connectivity index (χ4v) is 9.67. The van der Waals surface area contributed by atoms with Gasteiger partial charge in [-0.1, -0.05) is 251 Å². The molecule has 56 heavy (non-hydrogen) atoms. The van der Waals surface area contributed by atoms with Crippen molar-refractivity contribution >= 4 is 7.60 Å². The van der Waals surface area contributed by atoms with Crippen molar-refractivity contribution in [3.63, 3.8) is 0 Å². The number of benzene rings is 1. The van der Waals surface area contributed by atoms with E-state index < -0.39 is 13.4 Å². The predicted molar refractivity (Wildman–Crippen MR) is 247 cm³/mol. The molecule has 0 radical (unpaired) electrons. The Kier molecular flexibility index (Phi) is 37.9. The second-order valence-electron chi connectivity index (χ2n) is 17.5. The maximum Gasteiger partial charge on any atom is 0.363 e. The van der Waals surface area contributed by atoms with Crippen LogP contribution in [-0.4, -0.2) is 18.3 Å². The van der Waals surface area contributed by atoms with Crippen LogP contribution in [0.4, 0.5) is 0 Å². The Morgan fingerprint density at radius 3 is 0.911 bits per heavy atom. The van der Waals surface area contributed by atoms with Crippen molar-refractivity contribution in [2.24, 2.45) is 0 Å². The van der Waals surface area contributed by atoms with Gasteiger partial charge < -0.3 is 14.2 Å². The molecule has 5 heteroatoms. The minimum atomic E-state index is -3.75. The molecule has 0 aliphatic carbocycles. The standard InChI is InChI=1S/C51H97O4P/c1-5-9-13-15-17-19-21-23-25-27-29-31-33-35-37-39-43-54-56(53,51(52)50-46-48(41-11-7-3)45-49(47-50)42-12-8-4)55-44-40-38-36-34-32-30-28-26-24-22-20-18-16-14-10-6-2/h45-47,51-52H,5-44H2,1-4H3. The van der Waals surface area contributed by atoms with E-state index in [1.165, 1.54) is 191 Å². The van der Waals surface area contributed by atoms with Crippen LogP contribution in [0.15, 0.2) is 18.2 Å². The molecule has 4 nitrogen and oxygen atoms in total. The number of aliphatic hydroxyl groups is 1. The monoisotopic (exact) mass is 805 g/mol. The Morgan fingerprint density at radius 1 is 0.393 bits per heavy atom. The normalized spacial score (nSPS) is 12.5. The Morgan fingerprint density at radius 2 is 0.643 bits per heavy atom. The number of aliphatic hydroxyl groups excluding tert-OH is 1. The van der Waals surface area contributed by atoms with E-state index in [0.29, 0.717) is 18.8 Å². The number of hydrogen-bond donors (Lipinski definition) is 1. The molecule has 0 bridgehead atoms. The third kappa shape index (κ3) is 30.4. The molecule has 0 aliphatic heterocycles. The molecule has 0 spiro atoms. The van der Waals surface area contributed by atoms with Gasteiger partial charge in [0.25, 0.3) is 0 Å². The average molecular weight is 805 g/mol. The zero-order valence-corrected chi connectivity index (χ0v) is 39.1. The molecule has 0 saturated heterocycles. The van der Waals surface area contributed by atoms with Crippen LogP contribution in [-0.2, 0) is 26.5 Å². The summed E-state index contributed by atoms with van der Waals surface area (Å²) in [6, 6.07) is 6.39. The second-order valence-corrected chi connectivity index (χ2v) is 19.6. The van der Waals surface area contributed by atoms with Gasteiger partial charge in [-0.05, 0) is 55.2 Å². The van der Waals surface area contributed by atoms with Crippen LogP contribution in [0.5, 0.6) is 0 Å². The molecule has 330 valence electrons. The third-order valence-corrected chi connectivity index (χ3v) is 13.8. The average Bonchev–Trinajstić information content (AvgIpc) is 3.21. The molecule has 1 atom stereocenters. The van der Waals surface area contributed by atoms with Gasteiger partial charge in [0.1, 0.15) is 0 Å². The van der Waals surface area contributed by atoms with Crippen LogP contribution in [0.3, 0.4) is 0 Å². The lowest BCUT2D eigenvalue weighted by Gasteiger charge is -2.25. The predicted octanol–water partition coefficient (Wildman–Crippen LogP) is 18.1. The summed E-state index contributed by atoms with van der Waals surface area (Å²) in [4.78, 5) is 0. The molecule has 0 saturated carbocycles. The first-order chi connectivity index (χ1) is 27.5. The van der Waals surface area contributed by atoms with Crippen LogP contribution in [0.25, 0.3) is 0 Å². The minimum Gasteiger partial charge on any atom is -0.376 e. The van der Waals surface area contributed by atoms with Crippen molar-refractivity contribution in [2.75, 3.05) is 13.2 Å². The third-order valence-electron chi connectivity index (χ3n) is 11.8. The van der Waals surface area contributed by atoms with Crippen molar-refractivity contribution in [1.29, 1.82) is 0 Å². The molecule has 1 aromatic carbocycles. The van der Waals surface area contributed by atoms with E-state index in [2.05, 4.69) is 45.9 Å². The van der Waals surface area contributed by atoms with Gasteiger partial charge in [-0.15, -0.1) is 0 Å². The zero-order valence-electron chi connectivity index (χ0n) is 38.2. The first kappa shape index (κ1) is 53.3. The van der Waals surface area contributed by atoms with Crippen LogP contribution >= 0.6 is 7.60 Å². The van der Waals surface area contributed by atoms with E-state index in [9.17, 15) is 9.67 Å². The van der Waals surface area contributed by atoms with E-state index in [-0.39, 0.29) is 0 Å². The van der Waals surface area contributed by atoms with Crippen LogP contribution in [0.2, 0.25) is 0 Å². The molecule has 1 rings (SSSR count). The molecule has 1 N–H and O–H groups in total. The summed E-state index contributed by atoms with van der Waals surface area (Å²) >= 11 is 0. The highest BCUT2D eigenvalue weighted by atomic mass is 31.2. The topological polar surface area (TPSA) is 55.8 Å². The fraction of sp³-hybridized carbons (Fsp3) is 0.882. The smallest absolute Gasteiger partial charge is 0.363 e. The molecular weight excluding hydrogens is 708 g/mol. The van der Waals surface area contributed by atoms with Crippen LogP contribution < -0.4 is 0 Å². The van der Waals surface area contributed by atoms with Crippen molar-refractivity contribution in [1.82, 2.24) is 0 Å². The highest BCUT2D eigenvalue weighted by Gasteiger charge is 2.36. The van der Waals surface area contributed by atoms with Gasteiger partial charge in [0.05, 0.1) is 13.2 Å². The lowest BCUT2D eigenvalue weighted by Crippen LogP contribution is -2.09. The molecule has 1 unspecified atom stereocenters. The summed E-state index contributed by atoms with van der Waals surface area (Å²) in [5.74, 6) is -1.24. The highest BCUT2D eigenvalue weighted by molar-refractivity contribution is 7.54.